The molecule has 0 amide bonds. The van der Waals surface area contributed by atoms with E-state index in [2.05, 4.69) is 25.7 Å². The lowest BCUT2D eigenvalue weighted by Crippen LogP contribution is -2.39. The van der Waals surface area contributed by atoms with Crippen LogP contribution in [0.1, 0.15) is 227 Å². The highest BCUT2D eigenvalue weighted by atomic mass is 16.6. The van der Waals surface area contributed by atoms with Crippen molar-refractivity contribution < 1.29 is 24.2 Å². The highest BCUT2D eigenvalue weighted by Crippen LogP contribution is 2.29. The summed E-state index contributed by atoms with van der Waals surface area (Å²) < 4.78 is 11.5. The zero-order valence-electron chi connectivity index (χ0n) is 34.2. The van der Waals surface area contributed by atoms with Crippen LogP contribution in [0.3, 0.4) is 0 Å². The second kappa shape index (κ2) is 37.6. The van der Waals surface area contributed by atoms with Crippen molar-refractivity contribution in [1.29, 1.82) is 0 Å². The number of rotatable bonds is 40. The normalized spacial score (nSPS) is 11.8. The molecule has 0 bridgehead atoms. The molecule has 50 heavy (non-hydrogen) atoms. The van der Waals surface area contributed by atoms with Gasteiger partial charge in [-0.1, -0.05) is 188 Å². The van der Waals surface area contributed by atoms with Gasteiger partial charge < -0.3 is 19.5 Å². The van der Waals surface area contributed by atoms with Gasteiger partial charge in [-0.25, -0.2) is 0 Å². The van der Waals surface area contributed by atoms with Crippen molar-refractivity contribution in [2.75, 3.05) is 39.5 Å². The Morgan fingerprint density at radius 1 is 0.440 bits per heavy atom. The van der Waals surface area contributed by atoms with Crippen LogP contribution >= 0.6 is 0 Å². The summed E-state index contributed by atoms with van der Waals surface area (Å²) >= 11 is 0. The third-order valence-electron chi connectivity index (χ3n) is 10.5. The van der Waals surface area contributed by atoms with Crippen molar-refractivity contribution in [3.05, 3.63) is 0 Å². The number of hydrogen-bond donors (Lipinski definition) is 1. The molecule has 0 spiro atoms. The molecule has 0 saturated carbocycles. The first-order chi connectivity index (χ1) is 24.5. The van der Waals surface area contributed by atoms with Gasteiger partial charge in [0.2, 0.25) is 0 Å². The molecule has 0 aliphatic rings. The third-order valence-corrected chi connectivity index (χ3v) is 10.5. The topological polar surface area (TPSA) is 76.1 Å². The molecule has 0 radical (unpaired) electrons. The average molecular weight is 710 g/mol. The summed E-state index contributed by atoms with van der Waals surface area (Å²) in [4.78, 5) is 29.1. The predicted molar refractivity (Wildman–Crippen MR) is 214 cm³/mol. The molecule has 0 aliphatic carbocycles. The van der Waals surface area contributed by atoms with Crippen molar-refractivity contribution in [2.24, 2.45) is 5.41 Å². The number of aliphatic hydroxyl groups excluding tert-OH is 1. The molecule has 0 unspecified atom stereocenters. The van der Waals surface area contributed by atoms with Crippen molar-refractivity contribution >= 4 is 11.9 Å². The number of carbonyl (C=O) groups is 2. The second-order valence-electron chi connectivity index (χ2n) is 15.5. The molecule has 0 aliphatic heterocycles. The molecular weight excluding hydrogens is 622 g/mol. The average Bonchev–Trinajstić information content (AvgIpc) is 3.11. The summed E-state index contributed by atoms with van der Waals surface area (Å²) in [7, 11) is 0. The lowest BCUT2D eigenvalue weighted by molar-refractivity contribution is -0.172. The number of esters is 2. The fraction of sp³-hybridized carbons (Fsp3) is 0.955. The van der Waals surface area contributed by atoms with Gasteiger partial charge in [0.1, 0.15) is 0 Å². The van der Waals surface area contributed by atoms with E-state index in [1.807, 2.05) is 0 Å². The van der Waals surface area contributed by atoms with Gasteiger partial charge in [0, 0.05) is 6.54 Å². The Morgan fingerprint density at radius 3 is 1.08 bits per heavy atom. The van der Waals surface area contributed by atoms with E-state index in [-0.39, 0.29) is 6.61 Å². The summed E-state index contributed by atoms with van der Waals surface area (Å²) in [6.07, 6.45) is 36.7. The molecule has 0 heterocycles. The first kappa shape index (κ1) is 48.9. The van der Waals surface area contributed by atoms with Crippen LogP contribution in [-0.2, 0) is 19.1 Å². The molecule has 0 atom stereocenters. The predicted octanol–water partition coefficient (Wildman–Crippen LogP) is 12.5. The summed E-state index contributed by atoms with van der Waals surface area (Å²) in [6, 6.07) is 0. The number of unbranched alkanes of at least 4 members (excludes halogenated alkanes) is 26. The molecule has 6 nitrogen and oxygen atoms in total. The van der Waals surface area contributed by atoms with Crippen molar-refractivity contribution in [2.45, 2.75) is 227 Å². The fourth-order valence-corrected chi connectivity index (χ4v) is 6.87. The minimum Gasteiger partial charge on any atom is -0.465 e. The standard InChI is InChI=1S/C44H87NO5/c1-5-8-11-14-17-20-23-28-33-40-49-42(47)44(4,43(48)50-41-34-29-24-21-18-15-12-9-6-2)35-30-25-27-32-37-45(38-39-46)36-31-26-22-19-16-13-10-7-3/h46H,5-41H2,1-4H3. The maximum absolute atomic E-state index is 13.4. The molecule has 0 aromatic carbocycles. The Hall–Kier alpha value is -1.14. The summed E-state index contributed by atoms with van der Waals surface area (Å²) in [5.41, 5.74) is -1.24. The molecule has 0 aromatic rings. The quantitative estimate of drug-likeness (QED) is 0.0388. The lowest BCUT2D eigenvalue weighted by Gasteiger charge is -2.25. The fourth-order valence-electron chi connectivity index (χ4n) is 6.87. The maximum Gasteiger partial charge on any atom is 0.323 e. The van der Waals surface area contributed by atoms with E-state index < -0.39 is 17.4 Å². The van der Waals surface area contributed by atoms with Gasteiger partial charge >= 0.3 is 11.9 Å². The largest absolute Gasteiger partial charge is 0.465 e. The zero-order valence-corrected chi connectivity index (χ0v) is 34.2. The van der Waals surface area contributed by atoms with Crippen LogP contribution in [0.15, 0.2) is 0 Å². The number of nitrogens with zero attached hydrogens (tertiary/aromatic N) is 1. The van der Waals surface area contributed by atoms with Gasteiger partial charge in [-0.15, -0.1) is 0 Å². The van der Waals surface area contributed by atoms with Crippen LogP contribution < -0.4 is 0 Å². The monoisotopic (exact) mass is 710 g/mol. The van der Waals surface area contributed by atoms with Crippen molar-refractivity contribution in [1.82, 2.24) is 4.90 Å². The second-order valence-corrected chi connectivity index (χ2v) is 15.5. The van der Waals surface area contributed by atoms with Crippen LogP contribution in [-0.4, -0.2) is 61.4 Å². The number of hydrogen-bond acceptors (Lipinski definition) is 6. The summed E-state index contributed by atoms with van der Waals surface area (Å²) in [5.74, 6) is -0.817. The van der Waals surface area contributed by atoms with Gasteiger partial charge in [-0.3, -0.25) is 9.59 Å². The Bertz CT molecular complexity index is 693. The van der Waals surface area contributed by atoms with Gasteiger partial charge in [-0.05, 0) is 52.1 Å². The molecular formula is C44H87NO5. The molecule has 0 rings (SSSR count). The molecule has 0 saturated heterocycles. The SMILES string of the molecule is CCCCCCCCCCCOC(=O)C(C)(CCCCCCN(CCO)CCCCCCCCCC)C(=O)OCCCCCCCCCCC. The smallest absolute Gasteiger partial charge is 0.323 e. The minimum atomic E-state index is -1.24. The van der Waals surface area contributed by atoms with Crippen LogP contribution in [0, 0.1) is 5.41 Å². The Kier molecular flexibility index (Phi) is 36.8. The van der Waals surface area contributed by atoms with Crippen LogP contribution in [0.5, 0.6) is 0 Å². The number of carbonyl (C=O) groups excluding carboxylic acids is 2. The van der Waals surface area contributed by atoms with E-state index in [4.69, 9.17) is 9.47 Å². The lowest BCUT2D eigenvalue weighted by atomic mass is 9.84. The Labute approximate surface area is 312 Å². The molecule has 0 aromatic heterocycles. The highest BCUT2D eigenvalue weighted by molar-refractivity contribution is 5.99. The molecule has 298 valence electrons. The number of aliphatic hydroxyl groups is 1. The van der Waals surface area contributed by atoms with Gasteiger partial charge in [0.25, 0.3) is 0 Å². The van der Waals surface area contributed by atoms with E-state index in [1.165, 1.54) is 141 Å². The zero-order chi connectivity index (χ0) is 36.8. The first-order valence-electron chi connectivity index (χ1n) is 22.1. The van der Waals surface area contributed by atoms with E-state index in [9.17, 15) is 14.7 Å². The van der Waals surface area contributed by atoms with Crippen LogP contribution in [0.4, 0.5) is 0 Å². The molecule has 6 heteroatoms. The van der Waals surface area contributed by atoms with E-state index in [0.29, 0.717) is 19.6 Å². The van der Waals surface area contributed by atoms with E-state index in [0.717, 1.165) is 71.0 Å². The third kappa shape index (κ3) is 29.4. The highest BCUT2D eigenvalue weighted by Gasteiger charge is 2.43. The summed E-state index contributed by atoms with van der Waals surface area (Å²) in [6.45, 7) is 12.3. The summed E-state index contributed by atoms with van der Waals surface area (Å²) in [5, 5.41) is 9.57. The Balaban J connectivity index is 4.61. The van der Waals surface area contributed by atoms with Crippen LogP contribution in [0.2, 0.25) is 0 Å². The van der Waals surface area contributed by atoms with Gasteiger partial charge in [0.05, 0.1) is 19.8 Å². The van der Waals surface area contributed by atoms with Crippen LogP contribution in [0.25, 0.3) is 0 Å². The minimum absolute atomic E-state index is 0.206. The van der Waals surface area contributed by atoms with E-state index >= 15 is 0 Å². The molecule has 1 N–H and O–H groups in total. The van der Waals surface area contributed by atoms with Crippen molar-refractivity contribution in [3.63, 3.8) is 0 Å². The molecule has 0 fully saturated rings. The maximum atomic E-state index is 13.4. The number of ether oxygens (including phenoxy) is 2. The van der Waals surface area contributed by atoms with Gasteiger partial charge in [-0.2, -0.15) is 0 Å². The van der Waals surface area contributed by atoms with E-state index in [1.54, 1.807) is 6.92 Å². The van der Waals surface area contributed by atoms with Crippen molar-refractivity contribution in [3.8, 4) is 0 Å². The Morgan fingerprint density at radius 2 is 0.740 bits per heavy atom. The first-order valence-corrected chi connectivity index (χ1v) is 22.1. The van der Waals surface area contributed by atoms with Gasteiger partial charge in [0.15, 0.2) is 5.41 Å².